The number of hydrogen-bond acceptors (Lipinski definition) is 0. The van der Waals surface area contributed by atoms with Gasteiger partial charge in [0.15, 0.2) is 0 Å². The predicted molar refractivity (Wildman–Crippen MR) is 162 cm³/mol. The zero-order valence-corrected chi connectivity index (χ0v) is 26.6. The number of halogens is 2. The largest absolute Gasteiger partial charge is 0.126 e. The van der Waals surface area contributed by atoms with Crippen LogP contribution in [0.2, 0.25) is 0 Å². The SMILES string of the molecule is CC1=[C-]C(C)C=C1c1ccccc1.[Cl-].[Cl-].[Zr+2]=[CH]c1cccc2ccccc12.c1ccc2c(c1)[cH-]c1ccccc12. The molecular formula is C37H30Cl2Zr-2. The quantitative estimate of drug-likeness (QED) is 0.255. The third-order valence-electron chi connectivity index (χ3n) is 6.85. The first-order chi connectivity index (χ1) is 18.6. The van der Waals surface area contributed by atoms with Gasteiger partial charge in [-0.3, -0.25) is 6.08 Å². The van der Waals surface area contributed by atoms with Crippen LogP contribution >= 0.6 is 0 Å². The molecule has 0 aliphatic heterocycles. The summed E-state index contributed by atoms with van der Waals surface area (Å²) in [4.78, 5) is 0. The van der Waals surface area contributed by atoms with Crippen LogP contribution in [0.1, 0.15) is 25.0 Å². The van der Waals surface area contributed by atoms with Crippen LogP contribution < -0.4 is 24.8 Å². The van der Waals surface area contributed by atoms with Crippen molar-refractivity contribution in [1.29, 1.82) is 0 Å². The van der Waals surface area contributed by atoms with Crippen LogP contribution in [0.3, 0.4) is 0 Å². The van der Waals surface area contributed by atoms with E-state index >= 15 is 0 Å². The Morgan fingerprint density at radius 1 is 0.650 bits per heavy atom. The molecule has 0 amide bonds. The predicted octanol–water partition coefficient (Wildman–Crippen LogP) is 3.73. The first-order valence-corrected chi connectivity index (χ1v) is 14.4. The van der Waals surface area contributed by atoms with Crippen LogP contribution in [0.5, 0.6) is 0 Å². The monoisotopic (exact) mass is 634 g/mol. The molecule has 3 heteroatoms. The second-order valence-corrected chi connectivity index (χ2v) is 10.2. The van der Waals surface area contributed by atoms with Crippen molar-refractivity contribution in [3.8, 4) is 0 Å². The molecule has 0 fully saturated rings. The maximum atomic E-state index is 3.39. The average Bonchev–Trinajstić information content (AvgIpc) is 3.52. The first-order valence-electron chi connectivity index (χ1n) is 13.0. The summed E-state index contributed by atoms with van der Waals surface area (Å²) in [6, 6.07) is 44.7. The zero-order chi connectivity index (χ0) is 26.3. The molecule has 198 valence electrons. The first kappa shape index (κ1) is 31.6. The van der Waals surface area contributed by atoms with Crippen molar-refractivity contribution >= 4 is 41.6 Å². The van der Waals surface area contributed by atoms with Gasteiger partial charge in [0.1, 0.15) is 0 Å². The second kappa shape index (κ2) is 15.2. The summed E-state index contributed by atoms with van der Waals surface area (Å²) in [6.45, 7) is 4.29. The van der Waals surface area contributed by atoms with Gasteiger partial charge >= 0.3 is 86.7 Å². The van der Waals surface area contributed by atoms with Crippen molar-refractivity contribution in [2.75, 3.05) is 0 Å². The fourth-order valence-electron chi connectivity index (χ4n) is 5.05. The van der Waals surface area contributed by atoms with E-state index < -0.39 is 0 Å². The molecule has 0 spiro atoms. The molecular weight excluding hydrogens is 607 g/mol. The molecule has 40 heavy (non-hydrogen) atoms. The number of fused-ring (bicyclic) bond motifs is 4. The van der Waals surface area contributed by atoms with Crippen molar-refractivity contribution in [2.24, 2.45) is 5.92 Å². The third kappa shape index (κ3) is 7.41. The molecule has 1 aliphatic carbocycles. The van der Waals surface area contributed by atoms with Crippen LogP contribution in [0.25, 0.3) is 37.9 Å². The summed E-state index contributed by atoms with van der Waals surface area (Å²) in [5.41, 5.74) is 5.27. The Kier molecular flexibility index (Phi) is 12.0. The topological polar surface area (TPSA) is 0 Å². The van der Waals surface area contributed by atoms with Crippen LogP contribution in [-0.4, -0.2) is 3.71 Å². The Labute approximate surface area is 264 Å². The third-order valence-corrected chi connectivity index (χ3v) is 7.62. The van der Waals surface area contributed by atoms with E-state index in [1.165, 1.54) is 78.8 Å². The van der Waals surface area contributed by atoms with Gasteiger partial charge in [-0.05, 0) is 0 Å². The van der Waals surface area contributed by atoms with Crippen molar-refractivity contribution in [3.05, 3.63) is 156 Å². The fourth-order valence-corrected chi connectivity index (χ4v) is 5.67. The summed E-state index contributed by atoms with van der Waals surface area (Å²) in [7, 11) is 0. The minimum absolute atomic E-state index is 0. The van der Waals surface area contributed by atoms with Gasteiger partial charge in [-0.1, -0.05) is 86.5 Å². The second-order valence-electron chi connectivity index (χ2n) is 9.54. The van der Waals surface area contributed by atoms with E-state index in [0.717, 1.165) is 0 Å². The molecule has 0 heterocycles. The standard InChI is InChI=1S/C13H9.C13H13.C11H8.2ClH.Zr/c1-3-7-12-10(5-1)9-11-6-2-4-8-13(11)12;1-10-8-11(2)13(9-10)12-6-4-3-5-7-12;1-9-5-4-7-10-6-2-3-8-11(9)10;;;/h1-9H;3-7,9-10H,1-2H3;1-8H;2*1H;/q2*-1;;;;+2/p-2. The molecule has 6 aromatic rings. The van der Waals surface area contributed by atoms with Crippen LogP contribution in [0.15, 0.2) is 139 Å². The number of allylic oxidation sites excluding steroid dienone is 4. The minimum atomic E-state index is 0. The number of hydrogen-bond donors (Lipinski definition) is 0. The van der Waals surface area contributed by atoms with E-state index in [-0.39, 0.29) is 24.8 Å². The van der Waals surface area contributed by atoms with Gasteiger partial charge in [0, 0.05) is 0 Å². The van der Waals surface area contributed by atoms with Gasteiger partial charge in [0.2, 0.25) is 0 Å². The van der Waals surface area contributed by atoms with Crippen molar-refractivity contribution < 1.29 is 49.0 Å². The molecule has 1 aliphatic rings. The average molecular weight is 637 g/mol. The van der Waals surface area contributed by atoms with Crippen molar-refractivity contribution in [3.63, 3.8) is 0 Å². The summed E-state index contributed by atoms with van der Waals surface area (Å²) in [5, 5.41) is 8.08. The molecule has 1 atom stereocenters. The Hall–Kier alpha value is -2.96. The minimum Gasteiger partial charge on any atom is -0.126 e. The van der Waals surface area contributed by atoms with E-state index in [4.69, 9.17) is 0 Å². The molecule has 6 aromatic carbocycles. The molecule has 0 saturated carbocycles. The molecule has 0 nitrogen and oxygen atoms in total. The molecule has 0 N–H and O–H groups in total. The van der Waals surface area contributed by atoms with Gasteiger partial charge in [-0.15, -0.1) is 45.3 Å². The van der Waals surface area contributed by atoms with Gasteiger partial charge in [-0.2, -0.15) is 11.6 Å². The van der Waals surface area contributed by atoms with Gasteiger partial charge < -0.3 is 24.8 Å². The summed E-state index contributed by atoms with van der Waals surface area (Å²) < 4.78 is 2.23. The van der Waals surface area contributed by atoms with E-state index in [9.17, 15) is 0 Å². The molecule has 1 unspecified atom stereocenters. The van der Waals surface area contributed by atoms with Crippen LogP contribution in [0.4, 0.5) is 0 Å². The Balaban J connectivity index is 0.000000162. The molecule has 0 saturated heterocycles. The molecule has 0 radical (unpaired) electrons. The smallest absolute Gasteiger partial charge is 0.0771 e. The maximum Gasteiger partial charge on any atom is -0.0771 e. The van der Waals surface area contributed by atoms with Crippen molar-refractivity contribution in [1.82, 2.24) is 0 Å². The molecule has 7 rings (SSSR count). The zero-order valence-electron chi connectivity index (χ0n) is 22.6. The number of rotatable bonds is 2. The van der Waals surface area contributed by atoms with Crippen LogP contribution in [0, 0.1) is 12.0 Å². The Morgan fingerprint density at radius 2 is 1.18 bits per heavy atom. The summed E-state index contributed by atoms with van der Waals surface area (Å²) in [6.07, 6.45) is 5.66. The fraction of sp³-hybridized carbons (Fsp3) is 0.0811. The van der Waals surface area contributed by atoms with Gasteiger partial charge in [0.25, 0.3) is 0 Å². The van der Waals surface area contributed by atoms with E-state index in [1.54, 1.807) is 0 Å². The van der Waals surface area contributed by atoms with E-state index in [1.807, 2.05) is 6.07 Å². The summed E-state index contributed by atoms with van der Waals surface area (Å²) in [5.74, 6) is 0.468. The van der Waals surface area contributed by atoms with Gasteiger partial charge in [0.05, 0.1) is 0 Å². The maximum absolute atomic E-state index is 3.39. The van der Waals surface area contributed by atoms with Gasteiger partial charge in [-0.25, -0.2) is 5.57 Å². The Morgan fingerprint density at radius 3 is 1.75 bits per heavy atom. The molecule has 0 bridgehead atoms. The summed E-state index contributed by atoms with van der Waals surface area (Å²) >= 11 is 1.46. The normalized spacial score (nSPS) is 13.6. The number of benzene rings is 5. The van der Waals surface area contributed by atoms with E-state index in [0.29, 0.717) is 5.92 Å². The van der Waals surface area contributed by atoms with Crippen molar-refractivity contribution in [2.45, 2.75) is 13.8 Å². The van der Waals surface area contributed by atoms with Crippen LogP contribution in [-0.2, 0) is 24.2 Å². The Bertz CT molecular complexity index is 1700. The molecule has 0 aromatic heterocycles. The van der Waals surface area contributed by atoms with E-state index in [2.05, 4.69) is 151 Å².